The predicted molar refractivity (Wildman–Crippen MR) is 115 cm³/mol. The first-order chi connectivity index (χ1) is 13.9. The highest BCUT2D eigenvalue weighted by atomic mass is 16.2. The lowest BCUT2D eigenvalue weighted by Crippen LogP contribution is -2.43. The summed E-state index contributed by atoms with van der Waals surface area (Å²) in [6.45, 7) is 12.7. The summed E-state index contributed by atoms with van der Waals surface area (Å²) < 4.78 is 4.22. The first kappa shape index (κ1) is 19.1. The Morgan fingerprint density at radius 3 is 2.72 bits per heavy atom. The van der Waals surface area contributed by atoms with Gasteiger partial charge < -0.3 is 14.8 Å². The van der Waals surface area contributed by atoms with Crippen molar-refractivity contribution in [3.63, 3.8) is 0 Å². The molecule has 0 saturated heterocycles. The van der Waals surface area contributed by atoms with Gasteiger partial charge in [-0.1, -0.05) is 18.2 Å². The molecule has 1 aliphatic rings. The molecule has 1 amide bonds. The zero-order valence-corrected chi connectivity index (χ0v) is 17.4. The van der Waals surface area contributed by atoms with Crippen LogP contribution in [0.3, 0.4) is 0 Å². The number of nitrogens with zero attached hydrogens (tertiary/aromatic N) is 4. The van der Waals surface area contributed by atoms with Crippen LogP contribution < -0.4 is 5.32 Å². The van der Waals surface area contributed by atoms with Crippen LogP contribution in [0.25, 0.3) is 5.82 Å². The molecule has 4 rings (SSSR count). The highest BCUT2D eigenvalue weighted by molar-refractivity contribution is 6.01. The van der Waals surface area contributed by atoms with Gasteiger partial charge in [-0.05, 0) is 45.9 Å². The summed E-state index contributed by atoms with van der Waals surface area (Å²) >= 11 is 0. The van der Waals surface area contributed by atoms with Gasteiger partial charge >= 0.3 is 0 Å². The Balaban J connectivity index is 1.83. The largest absolute Gasteiger partial charge is 0.361 e. The lowest BCUT2D eigenvalue weighted by atomic mass is 10.0. The van der Waals surface area contributed by atoms with Gasteiger partial charge in [-0.3, -0.25) is 4.79 Å². The van der Waals surface area contributed by atoms with E-state index in [1.54, 1.807) is 6.08 Å². The van der Waals surface area contributed by atoms with Gasteiger partial charge in [0.15, 0.2) is 0 Å². The minimum Gasteiger partial charge on any atom is -0.361 e. The minimum absolute atomic E-state index is 0.0151. The predicted octanol–water partition coefficient (Wildman–Crippen LogP) is 4.62. The van der Waals surface area contributed by atoms with Crippen LogP contribution in [-0.2, 0) is 0 Å². The second-order valence-corrected chi connectivity index (χ2v) is 7.73. The Hall–Kier alpha value is -3.28. The smallest absolute Gasteiger partial charge is 0.258 e. The molecule has 0 unspecified atom stereocenters. The third-order valence-electron chi connectivity index (χ3n) is 5.48. The molecule has 6 nitrogen and oxygen atoms in total. The topological polar surface area (TPSA) is 55.1 Å². The second-order valence-electron chi connectivity index (χ2n) is 7.73. The van der Waals surface area contributed by atoms with E-state index in [-0.39, 0.29) is 18.1 Å². The van der Waals surface area contributed by atoms with Gasteiger partial charge in [0, 0.05) is 41.3 Å². The number of hydrogen-bond donors (Lipinski definition) is 1. The third kappa shape index (κ3) is 3.05. The summed E-state index contributed by atoms with van der Waals surface area (Å²) in [5, 5.41) is 8.05. The summed E-state index contributed by atoms with van der Waals surface area (Å²) in [6.07, 6.45) is 3.34. The first-order valence-electron chi connectivity index (χ1n) is 9.94. The lowest BCUT2D eigenvalue weighted by molar-refractivity contribution is 0.0707. The van der Waals surface area contributed by atoms with Crippen molar-refractivity contribution in [2.24, 2.45) is 0 Å². The Kier molecular flexibility index (Phi) is 4.78. The van der Waals surface area contributed by atoms with Gasteiger partial charge in [-0.25, -0.2) is 4.68 Å². The number of aromatic nitrogens is 3. The van der Waals surface area contributed by atoms with E-state index >= 15 is 0 Å². The van der Waals surface area contributed by atoms with Crippen molar-refractivity contribution in [1.29, 1.82) is 0 Å². The molecule has 0 fully saturated rings. The van der Waals surface area contributed by atoms with Crippen molar-refractivity contribution in [2.45, 2.75) is 39.9 Å². The van der Waals surface area contributed by atoms with Gasteiger partial charge in [-0.15, -0.1) is 6.58 Å². The summed E-state index contributed by atoms with van der Waals surface area (Å²) in [7, 11) is 0. The quantitative estimate of drug-likeness (QED) is 0.648. The van der Waals surface area contributed by atoms with Crippen molar-refractivity contribution < 1.29 is 4.79 Å². The zero-order valence-electron chi connectivity index (χ0n) is 17.4. The van der Waals surface area contributed by atoms with Gasteiger partial charge in [0.05, 0.1) is 11.8 Å². The normalized spacial score (nSPS) is 16.1. The van der Waals surface area contributed by atoms with E-state index in [0.29, 0.717) is 12.1 Å². The van der Waals surface area contributed by atoms with E-state index in [0.717, 1.165) is 28.5 Å². The van der Waals surface area contributed by atoms with Crippen LogP contribution in [0.2, 0.25) is 0 Å². The van der Waals surface area contributed by atoms with Crippen LogP contribution in [0.4, 0.5) is 5.69 Å². The van der Waals surface area contributed by atoms with Gasteiger partial charge in [0.2, 0.25) is 0 Å². The first-order valence-corrected chi connectivity index (χ1v) is 9.94. The molecule has 0 saturated carbocycles. The Morgan fingerprint density at radius 2 is 2.00 bits per heavy atom. The molecule has 3 aromatic rings. The van der Waals surface area contributed by atoms with E-state index in [1.807, 2.05) is 46.1 Å². The number of rotatable bonds is 5. The number of carbonyl (C=O) groups excluding carboxylic acids is 1. The molecular weight excluding hydrogens is 362 g/mol. The molecule has 3 heterocycles. The number of anilines is 1. The summed E-state index contributed by atoms with van der Waals surface area (Å²) in [4.78, 5) is 15.0. The van der Waals surface area contributed by atoms with Gasteiger partial charge in [-0.2, -0.15) is 5.10 Å². The average molecular weight is 390 g/mol. The highest BCUT2D eigenvalue weighted by Crippen LogP contribution is 2.36. The molecule has 0 bridgehead atoms. The van der Waals surface area contributed by atoms with E-state index in [9.17, 15) is 4.79 Å². The highest BCUT2D eigenvalue weighted by Gasteiger charge is 2.34. The molecule has 0 spiro atoms. The maximum Gasteiger partial charge on any atom is 0.258 e. The monoisotopic (exact) mass is 389 g/mol. The number of carbonyl (C=O) groups is 1. The van der Waals surface area contributed by atoms with Crippen LogP contribution in [0.1, 0.15) is 53.4 Å². The summed E-state index contributed by atoms with van der Waals surface area (Å²) in [5.74, 6) is 1.04. The van der Waals surface area contributed by atoms with Crippen LogP contribution >= 0.6 is 0 Å². The molecule has 1 aromatic carbocycles. The maximum atomic E-state index is 13.2. The molecule has 1 N–H and O–H groups in total. The Bertz CT molecular complexity index is 1070. The standard InChI is InChI=1S/C23H27N5O/c1-6-13-26-22(25-20-10-8-7-9-18(20)23(26)29)19-14-16(4)27(17(19)5)21-11-12-24-28(21)15(2)3/h6-12,14-15,22,25H,1,13H2,2-5H3/t22-/m0/s1. The number of aryl methyl sites for hydroxylation is 1. The molecule has 0 aliphatic carbocycles. The van der Waals surface area contributed by atoms with E-state index in [2.05, 4.69) is 55.3 Å². The summed E-state index contributed by atoms with van der Waals surface area (Å²) in [6, 6.07) is 12.1. The van der Waals surface area contributed by atoms with Gasteiger partial charge in [0.25, 0.3) is 5.91 Å². The molecule has 1 aliphatic heterocycles. The van der Waals surface area contributed by atoms with E-state index < -0.39 is 0 Å². The van der Waals surface area contributed by atoms with Gasteiger partial charge in [0.1, 0.15) is 12.0 Å². The van der Waals surface area contributed by atoms with Crippen LogP contribution in [-0.4, -0.2) is 31.7 Å². The van der Waals surface area contributed by atoms with Crippen LogP contribution in [0, 0.1) is 13.8 Å². The minimum atomic E-state index is -0.259. The molecule has 1 atom stereocenters. The van der Waals surface area contributed by atoms with Crippen molar-refractivity contribution in [1.82, 2.24) is 19.2 Å². The number of nitrogens with one attached hydrogen (secondary N) is 1. The Labute approximate surface area is 171 Å². The molecule has 0 radical (unpaired) electrons. The molecule has 6 heteroatoms. The molecule has 29 heavy (non-hydrogen) atoms. The van der Waals surface area contributed by atoms with E-state index in [4.69, 9.17) is 0 Å². The molecular formula is C23H27N5O. The molecule has 2 aromatic heterocycles. The van der Waals surface area contributed by atoms with Crippen LogP contribution in [0.5, 0.6) is 0 Å². The Morgan fingerprint density at radius 1 is 1.24 bits per heavy atom. The van der Waals surface area contributed by atoms with Crippen molar-refractivity contribution in [2.75, 3.05) is 11.9 Å². The fraction of sp³-hybridized carbons (Fsp3) is 0.304. The van der Waals surface area contributed by atoms with E-state index in [1.165, 1.54) is 0 Å². The average Bonchev–Trinajstić information content (AvgIpc) is 3.28. The zero-order chi connectivity index (χ0) is 20.7. The fourth-order valence-electron chi connectivity index (χ4n) is 4.16. The fourth-order valence-corrected chi connectivity index (χ4v) is 4.16. The SMILES string of the molecule is C=CCN1C(=O)c2ccccc2N[C@@H]1c1cc(C)n(-c2ccnn2C(C)C)c1C. The van der Waals surface area contributed by atoms with Crippen LogP contribution in [0.15, 0.2) is 55.3 Å². The van der Waals surface area contributed by atoms with Crippen molar-refractivity contribution in [3.05, 3.63) is 77.8 Å². The number of hydrogen-bond acceptors (Lipinski definition) is 3. The number of benzene rings is 1. The third-order valence-corrected chi connectivity index (χ3v) is 5.48. The number of amides is 1. The van der Waals surface area contributed by atoms with Crippen molar-refractivity contribution >= 4 is 11.6 Å². The van der Waals surface area contributed by atoms with Crippen molar-refractivity contribution in [3.8, 4) is 5.82 Å². The summed E-state index contributed by atoms with van der Waals surface area (Å²) in [5.41, 5.74) is 4.82. The number of para-hydroxylation sites is 1. The maximum absolute atomic E-state index is 13.2. The second kappa shape index (κ2) is 7.28. The number of fused-ring (bicyclic) bond motifs is 1. The molecule has 150 valence electrons. The lowest BCUT2D eigenvalue weighted by Gasteiger charge is -2.37.